The van der Waals surface area contributed by atoms with Crippen LogP contribution in [0.15, 0.2) is 192 Å². The van der Waals surface area contributed by atoms with Gasteiger partial charge in [-0.25, -0.2) is 48.7 Å². The van der Waals surface area contributed by atoms with E-state index in [0.717, 1.165) is 113 Å². The Labute approximate surface area is 586 Å². The van der Waals surface area contributed by atoms with Crippen molar-refractivity contribution >= 4 is 111 Å². The van der Waals surface area contributed by atoms with Gasteiger partial charge in [0.15, 0.2) is 43.5 Å². The minimum Gasteiger partial charge on any atom is -0.454 e. The fourth-order valence-corrected chi connectivity index (χ4v) is 14.0. The molecule has 0 unspecified atom stereocenters. The van der Waals surface area contributed by atoms with Gasteiger partial charge in [0.25, 0.3) is 0 Å². The summed E-state index contributed by atoms with van der Waals surface area (Å²) in [5.74, 6) is -0.439. The highest BCUT2D eigenvalue weighted by molar-refractivity contribution is 7.15. The molecule has 500 valence electrons. The average molecular weight is 1420 g/mol. The average Bonchev–Trinajstić information content (AvgIpc) is 1.67. The van der Waals surface area contributed by atoms with Gasteiger partial charge in [-0.3, -0.25) is 17.6 Å². The SMILES string of the molecule is Cc1ccc(Nc2nc(-c3c(C)nc4ccccn34)cs2)cc1.Cc1nc2ccccn2c1-c1csc(Nc2cc(F)c(C)c(F)c2)n1.Cc1nc2ccccn2c1-c1csc(Nc2ccc3c(c2)OC(F)(F)O3)n1.[2H]C1([2H])Oc2ccc(Nc3nc(-c4c(C)nc5ccccn45)cs3)cc2O1. The number of hydrogen-bond donors (Lipinski definition) is 4. The molecule has 0 amide bonds. The highest BCUT2D eigenvalue weighted by Gasteiger charge is 2.43. The predicted octanol–water partition coefficient (Wildman–Crippen LogP) is 19.0. The molecule has 0 bridgehead atoms. The van der Waals surface area contributed by atoms with Crippen LogP contribution in [0.2, 0.25) is 0 Å². The number of hydrogen-bond acceptors (Lipinski definition) is 20. The van der Waals surface area contributed by atoms with Crippen LogP contribution in [0.5, 0.6) is 23.0 Å². The van der Waals surface area contributed by atoms with Crippen LogP contribution in [-0.4, -0.2) is 70.5 Å². The number of benzene rings is 4. The summed E-state index contributed by atoms with van der Waals surface area (Å²) in [4.78, 5) is 36.8. The van der Waals surface area contributed by atoms with Crippen molar-refractivity contribution in [2.24, 2.45) is 0 Å². The van der Waals surface area contributed by atoms with Crippen LogP contribution in [0.3, 0.4) is 0 Å². The summed E-state index contributed by atoms with van der Waals surface area (Å²) in [6.07, 6.45) is 4.24. The zero-order valence-corrected chi connectivity index (χ0v) is 56.9. The minimum absolute atomic E-state index is 0.00623. The lowest BCUT2D eigenvalue weighted by Gasteiger charge is -2.05. The first-order chi connectivity index (χ1) is 49.2. The van der Waals surface area contributed by atoms with Crippen LogP contribution in [-0.2, 0) is 0 Å². The Morgan fingerprint density at radius 1 is 0.390 bits per heavy atom. The summed E-state index contributed by atoms with van der Waals surface area (Å²) >= 11 is 5.86. The lowest BCUT2D eigenvalue weighted by atomic mass is 10.2. The molecule has 0 aliphatic carbocycles. The number of nitrogens with zero attached hydrogens (tertiary/aromatic N) is 12. The van der Waals surface area contributed by atoms with E-state index in [0.29, 0.717) is 33.1 Å². The van der Waals surface area contributed by atoms with E-state index in [2.05, 4.69) is 107 Å². The lowest BCUT2D eigenvalue weighted by Crippen LogP contribution is -2.25. The Bertz CT molecular complexity index is 5600. The Balaban J connectivity index is 0.000000110. The summed E-state index contributed by atoms with van der Waals surface area (Å²) in [6, 6.07) is 44.0. The zero-order valence-electron chi connectivity index (χ0n) is 55.6. The second kappa shape index (κ2) is 26.9. The molecule has 0 saturated heterocycles. The molecule has 0 radical (unpaired) electrons. The predicted molar refractivity (Wildman–Crippen MR) is 385 cm³/mol. The van der Waals surface area contributed by atoms with E-state index < -0.39 is 24.7 Å². The molecule has 0 fully saturated rings. The summed E-state index contributed by atoms with van der Waals surface area (Å²) in [6.45, 7) is 9.22. The molecule has 14 heterocycles. The number of rotatable bonds is 12. The number of anilines is 8. The van der Waals surface area contributed by atoms with Crippen LogP contribution in [0.25, 0.3) is 68.1 Å². The smallest absolute Gasteiger partial charge is 0.454 e. The Morgan fingerprint density at radius 3 is 1.14 bits per heavy atom. The normalized spacial score (nSPS) is 13.3. The molecule has 0 atom stereocenters. The van der Waals surface area contributed by atoms with Crippen molar-refractivity contribution in [3.8, 4) is 68.5 Å². The molecule has 0 spiro atoms. The topological polar surface area (TPSA) is 206 Å². The summed E-state index contributed by atoms with van der Waals surface area (Å²) in [5.41, 5.74) is 18.3. The van der Waals surface area contributed by atoms with Crippen LogP contribution in [0.4, 0.5) is 60.8 Å². The monoisotopic (exact) mass is 1410 g/mol. The summed E-state index contributed by atoms with van der Waals surface area (Å²) in [5, 5.41) is 23.3. The highest BCUT2D eigenvalue weighted by Crippen LogP contribution is 2.44. The van der Waals surface area contributed by atoms with Crippen molar-refractivity contribution in [2.75, 3.05) is 28.0 Å². The van der Waals surface area contributed by atoms with E-state index in [1.165, 1.54) is 70.8 Å². The van der Waals surface area contributed by atoms with Crippen molar-refractivity contribution in [2.45, 2.75) is 47.8 Å². The zero-order chi connectivity index (χ0) is 70.6. The van der Waals surface area contributed by atoms with Crippen molar-refractivity contribution in [1.29, 1.82) is 0 Å². The molecule has 2 aliphatic heterocycles. The number of ether oxygens (including phenoxy) is 4. The van der Waals surface area contributed by atoms with E-state index in [4.69, 9.17) is 17.2 Å². The van der Waals surface area contributed by atoms with Gasteiger partial charge in [-0.2, -0.15) is 0 Å². The molecule has 20 nitrogen and oxygen atoms in total. The molecule has 100 heavy (non-hydrogen) atoms. The van der Waals surface area contributed by atoms with Gasteiger partial charge >= 0.3 is 6.29 Å². The maximum atomic E-state index is 13.7. The third-order valence-corrected chi connectivity index (χ3v) is 18.8. The molecular formula is C72H56F4N16O4S4. The third-order valence-electron chi connectivity index (χ3n) is 15.8. The molecule has 4 N–H and O–H groups in total. The fraction of sp³-hybridized carbons (Fsp3) is 0.111. The van der Waals surface area contributed by atoms with Crippen LogP contribution in [0.1, 0.15) is 36.6 Å². The highest BCUT2D eigenvalue weighted by atomic mass is 32.1. The van der Waals surface area contributed by atoms with Crippen molar-refractivity contribution < 1.29 is 39.3 Å². The quantitative estimate of drug-likeness (QED) is 0.0840. The van der Waals surface area contributed by atoms with Gasteiger partial charge < -0.3 is 40.2 Å². The minimum atomic E-state index is -3.63. The number of pyridine rings is 4. The first-order valence-electron chi connectivity index (χ1n) is 31.8. The van der Waals surface area contributed by atoms with Gasteiger partial charge in [0, 0.05) is 86.8 Å². The fourth-order valence-electron chi connectivity index (χ4n) is 11.2. The number of aryl methyl sites for hydroxylation is 5. The van der Waals surface area contributed by atoms with Gasteiger partial charge in [-0.15, -0.1) is 54.1 Å². The number of alkyl halides is 2. The first-order valence-corrected chi connectivity index (χ1v) is 34.3. The van der Waals surface area contributed by atoms with Crippen molar-refractivity contribution in [3.05, 3.63) is 237 Å². The van der Waals surface area contributed by atoms with Crippen molar-refractivity contribution in [3.63, 3.8) is 0 Å². The molecule has 2 aliphatic rings. The Morgan fingerprint density at radius 2 is 0.730 bits per heavy atom. The third kappa shape index (κ3) is 13.4. The first kappa shape index (κ1) is 61.8. The molecule has 18 rings (SSSR count). The second-order valence-corrected chi connectivity index (χ2v) is 26.2. The summed E-state index contributed by atoms with van der Waals surface area (Å²) < 4.78 is 95.8. The molecule has 12 aromatic heterocycles. The van der Waals surface area contributed by atoms with Gasteiger partial charge in [-0.1, -0.05) is 42.0 Å². The second-order valence-electron chi connectivity index (χ2n) is 22.8. The number of fused-ring (bicyclic) bond motifs is 6. The van der Waals surface area contributed by atoms with Crippen LogP contribution in [0, 0.1) is 53.2 Å². The molecule has 28 heteroatoms. The maximum absolute atomic E-state index is 13.7. The Kier molecular flexibility index (Phi) is 16.7. The van der Waals surface area contributed by atoms with Gasteiger partial charge in [0.05, 0.1) is 45.6 Å². The number of nitrogens with one attached hydrogen (secondary N) is 4. The molecule has 4 aromatic carbocycles. The van der Waals surface area contributed by atoms with Gasteiger partial charge in [0.2, 0.25) is 6.75 Å². The molecule has 0 saturated carbocycles. The van der Waals surface area contributed by atoms with Gasteiger partial charge in [0.1, 0.15) is 59.7 Å². The van der Waals surface area contributed by atoms with E-state index in [-0.39, 0.29) is 17.1 Å². The van der Waals surface area contributed by atoms with Crippen LogP contribution < -0.4 is 40.2 Å². The number of aromatic nitrogens is 12. The Hall–Kier alpha value is -11.7. The van der Waals surface area contributed by atoms with Gasteiger partial charge in [-0.05, 0) is 139 Å². The molecular weight excluding hydrogens is 1360 g/mol. The standard InChI is InChI=1S/C18H12F2N4O2S.C18H14F2N4S.C18H14N4O2S.C18H16N4S/c1-10-16(24-7-3-2-4-15(24)21-10)12-9-27-17(23-12)22-11-5-6-13-14(8-11)26-18(19,20)25-13;1-10-13(19)7-12(8-14(10)20)22-18-23-15(9-25-18)17-11(2)21-16-5-3-4-6-24(16)17;1-11-17(22-7-3-2-4-16(22)19-11)13-9-25-18(21-13)20-12-5-6-14-15(8-12)24-10-23-14;1-12-6-8-14(9-7-12)20-18-21-15(11-23-18)17-13(2)19-16-5-3-4-10-22(16)17/h2-9H,1H3,(H,22,23);3-9H,1-2H3,(H,22,23);2-9H,10H2,1H3,(H,20,21);3-11H,1-2H3,(H,20,21)/i;;10D2;. The number of imidazole rings is 4. The number of halogens is 4. The van der Waals surface area contributed by atoms with E-state index in [1.54, 1.807) is 35.6 Å². The van der Waals surface area contributed by atoms with E-state index in [9.17, 15) is 17.6 Å². The van der Waals surface area contributed by atoms with E-state index >= 15 is 0 Å². The maximum Gasteiger partial charge on any atom is 0.586 e. The lowest BCUT2D eigenvalue weighted by molar-refractivity contribution is -0.286. The molecule has 16 aromatic rings. The summed E-state index contributed by atoms with van der Waals surface area (Å²) in [7, 11) is 0. The van der Waals surface area contributed by atoms with Crippen LogP contribution >= 0.6 is 45.3 Å². The number of thiazole rings is 4. The van der Waals surface area contributed by atoms with Crippen molar-refractivity contribution in [1.82, 2.24) is 57.5 Å². The largest absolute Gasteiger partial charge is 0.586 e. The van der Waals surface area contributed by atoms with E-state index in [1.807, 2.05) is 155 Å².